The molecule has 0 aromatic heterocycles. The summed E-state index contributed by atoms with van der Waals surface area (Å²) in [5, 5.41) is 0. The van der Waals surface area contributed by atoms with Gasteiger partial charge >= 0.3 is 24.2 Å². The van der Waals surface area contributed by atoms with Crippen LogP contribution in [-0.2, 0) is 0 Å². The first kappa shape index (κ1) is 15.3. The second-order valence-electron chi connectivity index (χ2n) is 5.88. The van der Waals surface area contributed by atoms with Crippen LogP contribution in [0.25, 0.3) is 0 Å². The standard InChI is InChI=1S/12B.Yb. The summed E-state index contributed by atoms with van der Waals surface area (Å²) in [6.07, 6.45) is 0. The van der Waals surface area contributed by atoms with Crippen LogP contribution < -0.4 is 0 Å². The van der Waals surface area contributed by atoms with E-state index in [-0.39, 0.29) is 0 Å². The third-order valence-corrected chi connectivity index (χ3v) is 0. The number of hydrogen-bond acceptors (Lipinski definition) is 0. The van der Waals surface area contributed by atoms with E-state index in [1.54, 1.807) is 0 Å². The predicted octanol–water partition coefficient (Wildman–Crippen LogP) is -4.57. The number of hydrogen-bond donors (Lipinski definition) is 0. The van der Waals surface area contributed by atoms with E-state index in [1.165, 1.54) is 0 Å². The van der Waals surface area contributed by atoms with Crippen LogP contribution in [0.5, 0.6) is 0 Å². The van der Waals surface area contributed by atoms with Crippen molar-refractivity contribution in [2.24, 2.45) is 0 Å². The van der Waals surface area contributed by atoms with Crippen molar-refractivity contribution in [2.45, 2.75) is 0 Å². The van der Waals surface area contributed by atoms with Gasteiger partial charge < -0.3 is 0 Å². The summed E-state index contributed by atoms with van der Waals surface area (Å²) in [6, 6.07) is 0. The molecule has 0 aliphatic heterocycles. The average Bonchev–Trinajstić information content (AvgIpc) is 0.391. The van der Waals surface area contributed by atoms with Crippen LogP contribution in [0.4, 0.5) is 0 Å². The molecule has 0 saturated carbocycles. The summed E-state index contributed by atoms with van der Waals surface area (Å²) in [5.74, 6) is -11.1. The molecule has 0 N–H and O–H groups in total. The van der Waals surface area contributed by atoms with Gasteiger partial charge in [-0.15, -0.1) is 0 Å². The van der Waals surface area contributed by atoms with Crippen molar-refractivity contribution in [3.05, 3.63) is 0 Å². The first-order valence-corrected chi connectivity index (χ1v) is 13.7. The Morgan fingerprint density at radius 1 is 0.308 bits per heavy atom. The Hall–Kier alpha value is 2.30. The summed E-state index contributed by atoms with van der Waals surface area (Å²) in [7, 11) is 0. The van der Waals surface area contributed by atoms with E-state index in [1.807, 2.05) is 0 Å². The molecule has 0 radical (unpaired) electrons. The molecule has 50 valence electrons. The van der Waals surface area contributed by atoms with Gasteiger partial charge in [0.2, 0.25) is 0 Å². The van der Waals surface area contributed by atoms with Crippen molar-refractivity contribution in [1.82, 2.24) is 0 Å². The second-order valence-corrected chi connectivity index (χ2v) is 43.6. The Morgan fingerprint density at radius 2 is 0.308 bits per heavy atom. The normalized spacial score (nSPS) is 48.0. The maximum atomic E-state index is 4.95. The fourth-order valence-electron chi connectivity index (χ4n) is 0. The fraction of sp³-hybridized carbons (Fsp3) is 0. The van der Waals surface area contributed by atoms with E-state index in [9.17, 15) is 0 Å². The molecule has 0 aliphatic rings. The quantitative estimate of drug-likeness (QED) is 0.395. The molecular weight excluding hydrogens is 303 g/mol. The van der Waals surface area contributed by atoms with Gasteiger partial charge in [-0.3, -0.25) is 0 Å². The van der Waals surface area contributed by atoms with Gasteiger partial charge in [0.05, 0.1) is 0 Å². The third-order valence-electron chi connectivity index (χ3n) is 0. The van der Waals surface area contributed by atoms with Crippen molar-refractivity contribution in [2.75, 3.05) is 0 Å². The van der Waals surface area contributed by atoms with E-state index >= 15 is 0 Å². The molecule has 0 unspecified atom stereocenters. The van der Waals surface area contributed by atoms with Gasteiger partial charge in [0.1, 0.15) is 0 Å². The zero-order valence-corrected chi connectivity index (χ0v) is 8.91. The first-order chi connectivity index (χ1) is 3.46. The average molecular weight is 303 g/mol. The van der Waals surface area contributed by atoms with Gasteiger partial charge in [0.15, 0.2) is 0 Å². The maximum absolute atomic E-state index is 11.1. The van der Waals surface area contributed by atoms with Gasteiger partial charge in [-0.1, -0.05) is 0 Å². The van der Waals surface area contributed by atoms with E-state index in [0.29, 0.717) is 0 Å². The molecule has 13 heavy (non-hydrogen) atoms. The summed E-state index contributed by atoms with van der Waals surface area (Å²) in [6.45, 7) is 0. The van der Waals surface area contributed by atoms with Crippen molar-refractivity contribution >= 4 is 18.4 Å². The molecule has 0 nitrogen and oxygen atoms in total. The third kappa shape index (κ3) is 409. The van der Waals surface area contributed by atoms with Crippen LogP contribution in [0.3, 0.4) is 0 Å². The molecule has 0 aromatic rings. The van der Waals surface area contributed by atoms with Gasteiger partial charge in [-0.25, -0.2) is 0 Å². The molecule has 0 fully saturated rings. The van der Waals surface area contributed by atoms with Gasteiger partial charge in [-0.05, 0) is 0 Å². The molecule has 0 aliphatic carbocycles. The molecule has 0 spiro atoms. The Kier molecular flexibility index (Phi) is 0.638. The van der Waals surface area contributed by atoms with E-state index in [2.05, 4.69) is 0 Å². The summed E-state index contributed by atoms with van der Waals surface area (Å²) >= 11 is 0. The van der Waals surface area contributed by atoms with Crippen molar-refractivity contribution in [1.29, 1.82) is 0 Å². The van der Waals surface area contributed by atoms with Crippen LogP contribution >= 0.6 is 0 Å². The van der Waals surface area contributed by atoms with Crippen LogP contribution in [0, 0.1) is 5.79 Å². The Balaban J connectivity index is 26.0. The topological polar surface area (TPSA) is 0 Å². The second kappa shape index (κ2) is 0.542. The Morgan fingerprint density at radius 3 is 0.308 bits per heavy atom. The van der Waals surface area contributed by atoms with Crippen LogP contribution in [0.2, 0.25) is 0 Å². The number of rotatable bonds is 0. The van der Waals surface area contributed by atoms with E-state index < -0.39 is 5.79 Å². The molecule has 0 amide bonds. The SMILES string of the molecule is [B]#[Yb](#[B])(#[B])(#[B])(#[B])(#[B])(#[B])(#[B])(#[B])(#[B])(#[B])#[B]. The van der Waals surface area contributed by atoms with Crippen molar-refractivity contribution in [3.63, 3.8) is 0 Å². The molecule has 0 aromatic carbocycles. The summed E-state index contributed by atoms with van der Waals surface area (Å²) in [5.41, 5.74) is 0. The summed E-state index contributed by atoms with van der Waals surface area (Å²) in [4.78, 5) is 0. The van der Waals surface area contributed by atoms with Crippen molar-refractivity contribution in [3.8, 4) is 0 Å². The fourth-order valence-corrected chi connectivity index (χ4v) is 0. The van der Waals surface area contributed by atoms with Crippen LogP contribution in [0.15, 0.2) is 0 Å². The zero-order chi connectivity index (χ0) is 12.3. The molecule has 0 bridgehead atoms. The van der Waals surface area contributed by atoms with Crippen LogP contribution in [0.1, 0.15) is 0 Å². The molecule has 0 atom stereocenters. The summed E-state index contributed by atoms with van der Waals surface area (Å²) < 4.78 is 59.4. The van der Waals surface area contributed by atoms with Crippen molar-refractivity contribution < 1.29 is 5.79 Å². The Labute approximate surface area is 22.3 Å². The monoisotopic (exact) mass is 306 g/mol. The molecule has 13 heteroatoms. The molecule has 0 saturated heterocycles. The predicted molar refractivity (Wildman–Crippen MR) is 69.0 cm³/mol. The first-order valence-electron chi connectivity index (χ1n) is 1.85. The minimum atomic E-state index is -11.1. The molecule has 0 heterocycles. The van der Waals surface area contributed by atoms with Crippen LogP contribution in [-0.4, -0.2) is 18.4 Å². The van der Waals surface area contributed by atoms with E-state index in [0.717, 1.165) is 0 Å². The van der Waals surface area contributed by atoms with E-state index in [4.69, 9.17) is 18.4 Å². The molecular formula is B12Yb. The van der Waals surface area contributed by atoms with Gasteiger partial charge in [0, 0.05) is 0 Å². The van der Waals surface area contributed by atoms with Gasteiger partial charge in [-0.2, -0.15) is 0 Å². The minimum absolute atomic E-state index is 4.95. The van der Waals surface area contributed by atoms with Gasteiger partial charge in [0.25, 0.3) is 0 Å². The zero-order valence-electron chi connectivity index (χ0n) is 7.20. The molecule has 0 rings (SSSR count). The Bertz CT molecular complexity index is 6060.